The van der Waals surface area contributed by atoms with Crippen LogP contribution in [0.2, 0.25) is 5.02 Å². The summed E-state index contributed by atoms with van der Waals surface area (Å²) in [5, 5.41) is -0.616. The number of halogens is 3. The molecule has 0 atom stereocenters. The van der Waals surface area contributed by atoms with Crippen LogP contribution in [0.4, 0.5) is 8.78 Å². The minimum atomic E-state index is -0.977. The molecule has 0 unspecified atom stereocenters. The van der Waals surface area contributed by atoms with E-state index in [-0.39, 0.29) is 11.1 Å². The van der Waals surface area contributed by atoms with Crippen LogP contribution in [-0.2, 0) is 4.74 Å². The summed E-state index contributed by atoms with van der Waals surface area (Å²) in [6.45, 7) is 1.33. The Morgan fingerprint density at radius 3 is 2.57 bits per heavy atom. The zero-order valence-electron chi connectivity index (χ0n) is 7.53. The van der Waals surface area contributed by atoms with E-state index in [4.69, 9.17) is 11.6 Å². The van der Waals surface area contributed by atoms with Crippen LogP contribution < -0.4 is 0 Å². The normalized spacial score (nSPS) is 10.1. The van der Waals surface area contributed by atoms with Gasteiger partial charge in [0.1, 0.15) is 16.7 Å². The van der Waals surface area contributed by atoms with Crippen molar-refractivity contribution in [2.75, 3.05) is 7.11 Å². The molecule has 0 aromatic heterocycles. The molecule has 0 saturated carbocycles. The third-order valence-corrected chi connectivity index (χ3v) is 2.16. The first kappa shape index (κ1) is 10.9. The van der Waals surface area contributed by atoms with Crippen molar-refractivity contribution in [3.05, 3.63) is 33.9 Å². The number of methoxy groups -OCH3 is 1. The van der Waals surface area contributed by atoms with E-state index < -0.39 is 22.6 Å². The number of esters is 1. The van der Waals surface area contributed by atoms with E-state index in [1.165, 1.54) is 6.92 Å². The van der Waals surface area contributed by atoms with Crippen LogP contribution >= 0.6 is 11.6 Å². The van der Waals surface area contributed by atoms with Gasteiger partial charge in [0.05, 0.1) is 12.7 Å². The quantitative estimate of drug-likeness (QED) is 0.537. The van der Waals surface area contributed by atoms with Crippen LogP contribution in [0.3, 0.4) is 0 Å². The first-order chi connectivity index (χ1) is 6.49. The van der Waals surface area contributed by atoms with E-state index in [1.54, 1.807) is 0 Å². The first-order valence-corrected chi connectivity index (χ1v) is 4.09. The lowest BCUT2D eigenvalue weighted by atomic mass is 10.1. The fraction of sp³-hybridized carbons (Fsp3) is 0.222. The molecule has 0 bridgehead atoms. The summed E-state index contributed by atoms with van der Waals surface area (Å²) in [5.74, 6) is -2.71. The van der Waals surface area contributed by atoms with E-state index in [0.717, 1.165) is 13.2 Å². The maximum Gasteiger partial charge on any atom is 0.338 e. The predicted octanol–water partition coefficient (Wildman–Crippen LogP) is 2.71. The van der Waals surface area contributed by atoms with Gasteiger partial charge >= 0.3 is 5.97 Å². The summed E-state index contributed by atoms with van der Waals surface area (Å²) < 4.78 is 30.5. The van der Waals surface area contributed by atoms with Crippen LogP contribution in [0.5, 0.6) is 0 Å². The van der Waals surface area contributed by atoms with Crippen LogP contribution in [0, 0.1) is 18.6 Å². The van der Waals surface area contributed by atoms with E-state index in [0.29, 0.717) is 0 Å². The standard InChI is InChI=1S/C9H7ClF2O2/c1-4-5(9(13)14-2)3-6(11)7(10)8(4)12/h3H,1-2H3. The molecule has 2 nitrogen and oxygen atoms in total. The molecule has 76 valence electrons. The fourth-order valence-electron chi connectivity index (χ4n) is 1.01. The second-order valence-electron chi connectivity index (χ2n) is 2.65. The van der Waals surface area contributed by atoms with Gasteiger partial charge in [0.15, 0.2) is 0 Å². The highest BCUT2D eigenvalue weighted by Gasteiger charge is 2.18. The van der Waals surface area contributed by atoms with Crippen molar-refractivity contribution in [2.24, 2.45) is 0 Å². The summed E-state index contributed by atoms with van der Waals surface area (Å²) in [4.78, 5) is 11.1. The van der Waals surface area contributed by atoms with Crippen molar-refractivity contribution in [3.63, 3.8) is 0 Å². The number of benzene rings is 1. The van der Waals surface area contributed by atoms with E-state index >= 15 is 0 Å². The number of ether oxygens (including phenoxy) is 1. The molecule has 0 spiro atoms. The summed E-state index contributed by atoms with van der Waals surface area (Å²) >= 11 is 5.30. The Balaban J connectivity index is 3.40. The summed E-state index contributed by atoms with van der Waals surface area (Å²) in [6.07, 6.45) is 0. The number of hydrogen-bond acceptors (Lipinski definition) is 2. The Hall–Kier alpha value is -1.16. The Bertz CT molecular complexity index is 391. The Kier molecular flexibility index (Phi) is 3.06. The molecule has 0 aliphatic rings. The fourth-order valence-corrected chi connectivity index (χ4v) is 1.20. The summed E-state index contributed by atoms with van der Waals surface area (Å²) in [5.41, 5.74) is -0.185. The highest BCUT2D eigenvalue weighted by atomic mass is 35.5. The number of carbonyl (C=O) groups is 1. The van der Waals surface area contributed by atoms with Gasteiger partial charge in [0, 0.05) is 5.56 Å². The van der Waals surface area contributed by atoms with Gasteiger partial charge < -0.3 is 4.74 Å². The summed E-state index contributed by atoms with van der Waals surface area (Å²) in [6, 6.07) is 0.854. The van der Waals surface area contributed by atoms with Crippen LogP contribution in [0.15, 0.2) is 6.07 Å². The minimum Gasteiger partial charge on any atom is -0.465 e. The lowest BCUT2D eigenvalue weighted by Gasteiger charge is -2.06. The van der Waals surface area contributed by atoms with Gasteiger partial charge in [-0.15, -0.1) is 0 Å². The number of rotatable bonds is 1. The van der Waals surface area contributed by atoms with Gasteiger partial charge in [-0.25, -0.2) is 13.6 Å². The Morgan fingerprint density at radius 1 is 1.50 bits per heavy atom. The molecule has 0 N–H and O–H groups in total. The molecule has 0 amide bonds. The molecule has 0 radical (unpaired) electrons. The number of carbonyl (C=O) groups excluding carboxylic acids is 1. The van der Waals surface area contributed by atoms with Crippen molar-refractivity contribution in [3.8, 4) is 0 Å². The highest BCUT2D eigenvalue weighted by Crippen LogP contribution is 2.25. The minimum absolute atomic E-state index is 0.0248. The predicted molar refractivity (Wildman–Crippen MR) is 47.4 cm³/mol. The molecule has 0 heterocycles. The van der Waals surface area contributed by atoms with E-state index in [9.17, 15) is 13.6 Å². The molecular formula is C9H7ClF2O2. The second kappa shape index (κ2) is 3.92. The Morgan fingerprint density at radius 2 is 2.07 bits per heavy atom. The van der Waals surface area contributed by atoms with Gasteiger partial charge in [0.25, 0.3) is 0 Å². The van der Waals surface area contributed by atoms with E-state index in [1.807, 2.05) is 0 Å². The SMILES string of the molecule is COC(=O)c1cc(F)c(Cl)c(F)c1C. The molecule has 14 heavy (non-hydrogen) atoms. The topological polar surface area (TPSA) is 26.3 Å². The van der Waals surface area contributed by atoms with Crippen LogP contribution in [-0.4, -0.2) is 13.1 Å². The monoisotopic (exact) mass is 220 g/mol. The smallest absolute Gasteiger partial charge is 0.338 e. The van der Waals surface area contributed by atoms with Crippen LogP contribution in [0.25, 0.3) is 0 Å². The number of hydrogen-bond donors (Lipinski definition) is 0. The molecule has 1 aromatic rings. The van der Waals surface area contributed by atoms with Crippen LogP contribution in [0.1, 0.15) is 15.9 Å². The van der Waals surface area contributed by atoms with Gasteiger partial charge in [0.2, 0.25) is 0 Å². The Labute approximate surface area is 84.4 Å². The van der Waals surface area contributed by atoms with Gasteiger partial charge in [-0.1, -0.05) is 11.6 Å². The van der Waals surface area contributed by atoms with Gasteiger partial charge in [-0.05, 0) is 13.0 Å². The van der Waals surface area contributed by atoms with E-state index in [2.05, 4.69) is 4.74 Å². The second-order valence-corrected chi connectivity index (χ2v) is 3.03. The van der Waals surface area contributed by atoms with Gasteiger partial charge in [-0.3, -0.25) is 0 Å². The third kappa shape index (κ3) is 1.70. The molecule has 0 aliphatic carbocycles. The molecule has 0 aliphatic heterocycles. The third-order valence-electron chi connectivity index (χ3n) is 1.81. The van der Waals surface area contributed by atoms with Gasteiger partial charge in [-0.2, -0.15) is 0 Å². The van der Waals surface area contributed by atoms with Crippen molar-refractivity contribution in [1.29, 1.82) is 0 Å². The lowest BCUT2D eigenvalue weighted by molar-refractivity contribution is 0.0598. The average molecular weight is 221 g/mol. The highest BCUT2D eigenvalue weighted by molar-refractivity contribution is 6.31. The molecule has 0 saturated heterocycles. The van der Waals surface area contributed by atoms with Crippen molar-refractivity contribution in [1.82, 2.24) is 0 Å². The largest absolute Gasteiger partial charge is 0.465 e. The molecule has 5 heteroatoms. The maximum atomic E-state index is 13.2. The molecule has 1 rings (SSSR count). The zero-order chi connectivity index (χ0) is 10.9. The van der Waals surface area contributed by atoms with Crippen molar-refractivity contribution in [2.45, 2.75) is 6.92 Å². The molecular weight excluding hydrogens is 214 g/mol. The zero-order valence-corrected chi connectivity index (χ0v) is 8.28. The summed E-state index contributed by atoms with van der Waals surface area (Å²) in [7, 11) is 1.13. The first-order valence-electron chi connectivity index (χ1n) is 3.71. The lowest BCUT2D eigenvalue weighted by Crippen LogP contribution is -2.06. The molecule has 0 fully saturated rings. The average Bonchev–Trinajstić information content (AvgIpc) is 2.19. The maximum absolute atomic E-state index is 13.2. The molecule has 1 aromatic carbocycles. The van der Waals surface area contributed by atoms with Crippen molar-refractivity contribution >= 4 is 17.6 Å². The van der Waals surface area contributed by atoms with Crippen molar-refractivity contribution < 1.29 is 18.3 Å².